The molecule has 1 amide bonds. The third-order valence-corrected chi connectivity index (χ3v) is 1.99. The minimum absolute atomic E-state index is 0. The zero-order valence-electron chi connectivity index (χ0n) is 9.48. The Labute approximate surface area is 108 Å². The van der Waals surface area contributed by atoms with Gasteiger partial charge in [-0.3, -0.25) is 9.78 Å². The van der Waals surface area contributed by atoms with Crippen molar-refractivity contribution in [1.82, 2.24) is 15.6 Å². The number of rotatable bonds is 6. The number of aromatic nitrogens is 1. The zero-order chi connectivity index (χ0) is 11.6. The number of nitrogens with zero attached hydrogens (tertiary/aromatic N) is 1. The van der Waals surface area contributed by atoms with E-state index < -0.39 is 0 Å². The van der Waals surface area contributed by atoms with E-state index in [2.05, 4.69) is 21.5 Å². The molecule has 1 aromatic rings. The molecule has 0 saturated heterocycles. The third kappa shape index (κ3) is 7.34. The summed E-state index contributed by atoms with van der Waals surface area (Å²) in [6.45, 7) is 1.67. The van der Waals surface area contributed by atoms with E-state index in [1.165, 1.54) is 0 Å². The van der Waals surface area contributed by atoms with E-state index in [-0.39, 0.29) is 18.3 Å². The van der Waals surface area contributed by atoms with Crippen molar-refractivity contribution in [2.75, 3.05) is 13.1 Å². The quantitative estimate of drug-likeness (QED) is 0.581. The minimum Gasteiger partial charge on any atom is -0.345 e. The molecule has 0 radical (unpaired) electrons. The van der Waals surface area contributed by atoms with Crippen molar-refractivity contribution in [2.24, 2.45) is 0 Å². The van der Waals surface area contributed by atoms with Crippen LogP contribution in [0.1, 0.15) is 12.0 Å². The number of amides is 1. The number of carbonyl (C=O) groups excluding carboxylic acids is 1. The molecule has 0 aliphatic rings. The molecule has 0 unspecified atom stereocenters. The topological polar surface area (TPSA) is 54.0 Å². The highest BCUT2D eigenvalue weighted by molar-refractivity contribution is 5.85. The molecule has 0 atom stereocenters. The van der Waals surface area contributed by atoms with Crippen LogP contribution >= 0.6 is 12.4 Å². The molecule has 92 valence electrons. The highest BCUT2D eigenvalue weighted by Crippen LogP contribution is 1.94. The van der Waals surface area contributed by atoms with E-state index in [9.17, 15) is 4.79 Å². The van der Waals surface area contributed by atoms with Crippen LogP contribution in [-0.2, 0) is 11.3 Å². The maximum Gasteiger partial charge on any atom is 0.222 e. The van der Waals surface area contributed by atoms with Gasteiger partial charge in [0.1, 0.15) is 0 Å². The van der Waals surface area contributed by atoms with Crippen LogP contribution in [0.3, 0.4) is 0 Å². The summed E-state index contributed by atoms with van der Waals surface area (Å²) in [6.07, 6.45) is 8.95. The van der Waals surface area contributed by atoms with Crippen molar-refractivity contribution < 1.29 is 4.79 Å². The molecule has 1 heterocycles. The van der Waals surface area contributed by atoms with Crippen molar-refractivity contribution in [1.29, 1.82) is 0 Å². The number of halogens is 1. The summed E-state index contributed by atoms with van der Waals surface area (Å²) in [5.74, 6) is 2.33. The second kappa shape index (κ2) is 9.64. The van der Waals surface area contributed by atoms with Crippen LogP contribution < -0.4 is 10.6 Å². The Morgan fingerprint density at radius 1 is 1.41 bits per heavy atom. The van der Waals surface area contributed by atoms with Crippen molar-refractivity contribution in [2.45, 2.75) is 13.0 Å². The predicted octanol–water partition coefficient (Wildman–Crippen LogP) is 0.732. The van der Waals surface area contributed by atoms with E-state index >= 15 is 0 Å². The Morgan fingerprint density at radius 3 is 2.76 bits per heavy atom. The summed E-state index contributed by atoms with van der Waals surface area (Å²) in [5, 5.41) is 5.77. The third-order valence-electron chi connectivity index (χ3n) is 1.99. The molecule has 0 fully saturated rings. The minimum atomic E-state index is -0.0276. The molecular formula is C12H16ClN3O. The molecular weight excluding hydrogens is 238 g/mol. The van der Waals surface area contributed by atoms with Gasteiger partial charge in [-0.05, 0) is 17.7 Å². The van der Waals surface area contributed by atoms with Gasteiger partial charge in [-0.1, -0.05) is 5.92 Å². The summed E-state index contributed by atoms with van der Waals surface area (Å²) < 4.78 is 0. The number of pyridine rings is 1. The maximum atomic E-state index is 11.2. The largest absolute Gasteiger partial charge is 0.345 e. The van der Waals surface area contributed by atoms with Gasteiger partial charge in [0.25, 0.3) is 0 Å². The van der Waals surface area contributed by atoms with Gasteiger partial charge in [0.05, 0.1) is 6.54 Å². The summed E-state index contributed by atoms with van der Waals surface area (Å²) in [5.41, 5.74) is 1.15. The van der Waals surface area contributed by atoms with Gasteiger partial charge in [0.2, 0.25) is 5.91 Å². The standard InChI is InChI=1S/C12H15N3O.ClH/c1-2-6-15-12(16)5-9-14-10-11-3-7-13-8-4-11;/h1,3-4,7-8,14H,5-6,9-10H2,(H,15,16);1H. The highest BCUT2D eigenvalue weighted by atomic mass is 35.5. The fraction of sp³-hybridized carbons (Fsp3) is 0.333. The van der Waals surface area contributed by atoms with Crippen LogP contribution in [0.25, 0.3) is 0 Å². The Balaban J connectivity index is 0.00000256. The van der Waals surface area contributed by atoms with Crippen molar-refractivity contribution >= 4 is 18.3 Å². The molecule has 4 nitrogen and oxygen atoms in total. The average Bonchev–Trinajstić information content (AvgIpc) is 2.33. The van der Waals surface area contributed by atoms with E-state index in [0.29, 0.717) is 19.5 Å². The lowest BCUT2D eigenvalue weighted by Crippen LogP contribution is -2.27. The highest BCUT2D eigenvalue weighted by Gasteiger charge is 1.98. The second-order valence-electron chi connectivity index (χ2n) is 3.26. The lowest BCUT2D eigenvalue weighted by molar-refractivity contribution is -0.120. The molecule has 2 N–H and O–H groups in total. The van der Waals surface area contributed by atoms with Gasteiger partial charge < -0.3 is 10.6 Å². The smallest absolute Gasteiger partial charge is 0.222 e. The second-order valence-corrected chi connectivity index (χ2v) is 3.26. The first-order valence-corrected chi connectivity index (χ1v) is 5.12. The van der Waals surface area contributed by atoms with Crippen LogP contribution in [0, 0.1) is 12.3 Å². The molecule has 0 spiro atoms. The van der Waals surface area contributed by atoms with Crippen LogP contribution in [0.15, 0.2) is 24.5 Å². The summed E-state index contributed by atoms with van der Waals surface area (Å²) in [6, 6.07) is 3.87. The lowest BCUT2D eigenvalue weighted by atomic mass is 10.2. The van der Waals surface area contributed by atoms with Gasteiger partial charge in [0, 0.05) is 31.9 Å². The van der Waals surface area contributed by atoms with Crippen molar-refractivity contribution in [3.05, 3.63) is 30.1 Å². The van der Waals surface area contributed by atoms with E-state index in [4.69, 9.17) is 6.42 Å². The molecule has 0 saturated carbocycles. The molecule has 0 aliphatic heterocycles. The Bertz CT molecular complexity index is 362. The first-order chi connectivity index (χ1) is 7.83. The number of hydrogen-bond donors (Lipinski definition) is 2. The van der Waals surface area contributed by atoms with Gasteiger partial charge >= 0.3 is 0 Å². The fourth-order valence-corrected chi connectivity index (χ4v) is 1.17. The molecule has 0 bridgehead atoms. The van der Waals surface area contributed by atoms with Crippen molar-refractivity contribution in [3.63, 3.8) is 0 Å². The molecule has 0 aliphatic carbocycles. The maximum absolute atomic E-state index is 11.2. The lowest BCUT2D eigenvalue weighted by Gasteiger charge is -2.04. The van der Waals surface area contributed by atoms with Crippen LogP contribution in [-0.4, -0.2) is 24.0 Å². The Morgan fingerprint density at radius 2 is 2.12 bits per heavy atom. The summed E-state index contributed by atoms with van der Waals surface area (Å²) in [4.78, 5) is 15.1. The number of terminal acetylenes is 1. The molecule has 1 aromatic heterocycles. The number of hydrogen-bond acceptors (Lipinski definition) is 3. The zero-order valence-corrected chi connectivity index (χ0v) is 10.3. The molecule has 0 aromatic carbocycles. The average molecular weight is 254 g/mol. The first kappa shape index (κ1) is 15.4. The van der Waals surface area contributed by atoms with Gasteiger partial charge in [-0.2, -0.15) is 0 Å². The van der Waals surface area contributed by atoms with Crippen LogP contribution in [0.5, 0.6) is 0 Å². The van der Waals surface area contributed by atoms with E-state index in [1.54, 1.807) is 12.4 Å². The van der Waals surface area contributed by atoms with Crippen LogP contribution in [0.4, 0.5) is 0 Å². The van der Waals surface area contributed by atoms with Gasteiger partial charge in [-0.25, -0.2) is 0 Å². The normalized spacial score (nSPS) is 8.88. The number of carbonyl (C=O) groups is 1. The number of nitrogens with one attached hydrogen (secondary N) is 2. The van der Waals surface area contributed by atoms with Gasteiger partial charge in [0.15, 0.2) is 0 Å². The SMILES string of the molecule is C#CCNC(=O)CCNCc1ccncc1.Cl. The molecule has 17 heavy (non-hydrogen) atoms. The first-order valence-electron chi connectivity index (χ1n) is 5.12. The fourth-order valence-electron chi connectivity index (χ4n) is 1.17. The molecule has 5 heteroatoms. The molecule has 1 rings (SSSR count). The summed E-state index contributed by atoms with van der Waals surface area (Å²) >= 11 is 0. The van der Waals surface area contributed by atoms with Crippen LogP contribution in [0.2, 0.25) is 0 Å². The van der Waals surface area contributed by atoms with Gasteiger partial charge in [-0.15, -0.1) is 18.8 Å². The Kier molecular flexibility index (Phi) is 8.75. The summed E-state index contributed by atoms with van der Waals surface area (Å²) in [7, 11) is 0. The van der Waals surface area contributed by atoms with E-state index in [0.717, 1.165) is 12.1 Å². The Hall–Kier alpha value is -1.57. The van der Waals surface area contributed by atoms with Crippen molar-refractivity contribution in [3.8, 4) is 12.3 Å². The monoisotopic (exact) mass is 253 g/mol. The predicted molar refractivity (Wildman–Crippen MR) is 69.7 cm³/mol. The van der Waals surface area contributed by atoms with E-state index in [1.807, 2.05) is 12.1 Å².